The molecule has 2 N–H and O–H groups in total. The van der Waals surface area contributed by atoms with Gasteiger partial charge in [0.1, 0.15) is 0 Å². The standard InChI is InChI=1S/C43H34Cl2N8O2S2/c44-32-12-7-13-34(56-22-30-20-36(54)52-42(46-30)48-40(50-52)25-8-3-1-4-9-25)39(32)29-16-27(17-29)28-18-33(45)38(24-14-15-24)35(19-28)57-23-31-21-37(55)53-43(47-31)49-41(51-53)26-10-5-2-6-11-26/h1-13,18-21,24,27,29H,14-17,22-23H2,(H,46,48,50)(H,47,49,51). The third-order valence-corrected chi connectivity index (χ3v) is 13.6. The van der Waals surface area contributed by atoms with Crippen LogP contribution in [0.3, 0.4) is 0 Å². The number of hydrogen-bond acceptors (Lipinski definition) is 8. The molecular formula is C43H34Cl2N8O2S2. The molecule has 0 bridgehead atoms. The van der Waals surface area contributed by atoms with Crippen molar-refractivity contribution in [3.05, 3.63) is 162 Å². The number of aromatic nitrogens is 8. The van der Waals surface area contributed by atoms with E-state index < -0.39 is 0 Å². The van der Waals surface area contributed by atoms with Gasteiger partial charge >= 0.3 is 0 Å². The average molecular weight is 830 g/mol. The van der Waals surface area contributed by atoms with Crippen LogP contribution in [0.2, 0.25) is 10.0 Å². The average Bonchev–Trinajstić information content (AvgIpc) is 3.77. The second kappa shape index (κ2) is 15.0. The van der Waals surface area contributed by atoms with Crippen molar-refractivity contribution in [2.24, 2.45) is 0 Å². The van der Waals surface area contributed by atoms with Crippen LogP contribution in [0.4, 0.5) is 0 Å². The maximum absolute atomic E-state index is 13.1. The fourth-order valence-corrected chi connectivity index (χ4v) is 10.6. The van der Waals surface area contributed by atoms with Crippen LogP contribution in [0.1, 0.15) is 71.5 Å². The molecule has 0 spiro atoms. The summed E-state index contributed by atoms with van der Waals surface area (Å²) in [6, 6.07) is 33.0. The zero-order chi connectivity index (χ0) is 38.6. The van der Waals surface area contributed by atoms with Crippen molar-refractivity contribution < 1.29 is 0 Å². The normalized spacial score (nSPS) is 16.7. The Hall–Kier alpha value is -5.14. The van der Waals surface area contributed by atoms with Gasteiger partial charge in [-0.1, -0.05) is 89.9 Å². The number of fused-ring (bicyclic) bond motifs is 2. The Morgan fingerprint density at radius 2 is 1.12 bits per heavy atom. The van der Waals surface area contributed by atoms with Crippen LogP contribution in [-0.2, 0) is 11.5 Å². The van der Waals surface area contributed by atoms with E-state index in [-0.39, 0.29) is 17.0 Å². The van der Waals surface area contributed by atoms with E-state index in [0.29, 0.717) is 57.9 Å². The number of nitrogens with zero attached hydrogens (tertiary/aromatic N) is 6. The third kappa shape index (κ3) is 7.20. The van der Waals surface area contributed by atoms with Crippen LogP contribution in [0.15, 0.2) is 123 Å². The van der Waals surface area contributed by atoms with Gasteiger partial charge in [-0.25, -0.2) is 9.97 Å². The van der Waals surface area contributed by atoms with E-state index >= 15 is 0 Å². The van der Waals surface area contributed by atoms with Crippen LogP contribution in [0.5, 0.6) is 0 Å². The highest BCUT2D eigenvalue weighted by atomic mass is 35.5. The Morgan fingerprint density at radius 3 is 1.68 bits per heavy atom. The highest BCUT2D eigenvalue weighted by molar-refractivity contribution is 7.98. The number of hydrogen-bond donors (Lipinski definition) is 2. The summed E-state index contributed by atoms with van der Waals surface area (Å²) < 4.78 is 2.77. The molecule has 2 fully saturated rings. The van der Waals surface area contributed by atoms with Crippen molar-refractivity contribution in [2.45, 2.75) is 64.7 Å². The molecule has 10 nitrogen and oxygen atoms in total. The van der Waals surface area contributed by atoms with Crippen molar-refractivity contribution >= 4 is 58.3 Å². The number of H-pyrrole nitrogens is 2. The molecule has 57 heavy (non-hydrogen) atoms. The van der Waals surface area contributed by atoms with Gasteiger partial charge in [0.25, 0.3) is 22.7 Å². The first-order valence-corrected chi connectivity index (χ1v) is 21.5. The molecule has 284 valence electrons. The lowest BCUT2D eigenvalue weighted by Gasteiger charge is -2.38. The molecule has 14 heteroatoms. The zero-order valence-corrected chi connectivity index (χ0v) is 33.5. The monoisotopic (exact) mass is 828 g/mol. The minimum atomic E-state index is -0.205. The summed E-state index contributed by atoms with van der Waals surface area (Å²) in [7, 11) is 0. The molecule has 8 aromatic rings. The summed E-state index contributed by atoms with van der Waals surface area (Å²) in [5, 5.41) is 7.71. The van der Waals surface area contributed by atoms with Crippen molar-refractivity contribution in [1.82, 2.24) is 39.2 Å². The number of benzene rings is 4. The van der Waals surface area contributed by atoms with Gasteiger partial charge in [0.2, 0.25) is 0 Å². The molecule has 10 rings (SSSR count). The Balaban J connectivity index is 0.852. The van der Waals surface area contributed by atoms with Gasteiger partial charge < -0.3 is 0 Å². The van der Waals surface area contributed by atoms with Crippen LogP contribution < -0.4 is 11.1 Å². The summed E-state index contributed by atoms with van der Waals surface area (Å²) in [4.78, 5) is 47.0. The summed E-state index contributed by atoms with van der Waals surface area (Å²) in [6.07, 6.45) is 4.14. The molecule has 2 aliphatic carbocycles. The first-order valence-electron chi connectivity index (χ1n) is 18.8. The van der Waals surface area contributed by atoms with Gasteiger partial charge in [0.05, 0.1) is 11.4 Å². The van der Waals surface area contributed by atoms with Crippen LogP contribution >= 0.6 is 46.7 Å². The molecule has 0 amide bonds. The summed E-state index contributed by atoms with van der Waals surface area (Å²) in [6.45, 7) is 0. The summed E-state index contributed by atoms with van der Waals surface area (Å²) in [5.41, 5.74) is 6.27. The molecule has 0 radical (unpaired) electrons. The molecule has 2 saturated carbocycles. The maximum Gasteiger partial charge on any atom is 0.274 e. The number of aromatic amines is 2. The summed E-state index contributed by atoms with van der Waals surface area (Å²) >= 11 is 17.3. The van der Waals surface area contributed by atoms with E-state index in [0.717, 1.165) is 62.2 Å². The summed E-state index contributed by atoms with van der Waals surface area (Å²) in [5.74, 6) is 3.98. The third-order valence-electron chi connectivity index (χ3n) is 10.7. The van der Waals surface area contributed by atoms with Gasteiger partial charge in [-0.15, -0.1) is 23.5 Å². The topological polar surface area (TPSA) is 126 Å². The molecule has 4 heterocycles. The first kappa shape index (κ1) is 36.2. The molecule has 0 atom stereocenters. The lowest BCUT2D eigenvalue weighted by atomic mass is 9.68. The molecule has 0 saturated heterocycles. The van der Waals surface area contributed by atoms with Crippen molar-refractivity contribution in [2.75, 3.05) is 0 Å². The SMILES string of the molecule is O=c1cc(CSc2cc(C3CC(c4c(Cl)cccc4SCc4cc(=O)n5[nH]c(-c6ccccc6)nc5n4)C3)cc(Cl)c2C2CC2)nc2nc(-c3ccccc3)[nH]n12. The minimum Gasteiger partial charge on any atom is -0.271 e. The van der Waals surface area contributed by atoms with Crippen molar-refractivity contribution in [1.29, 1.82) is 0 Å². The van der Waals surface area contributed by atoms with E-state index in [9.17, 15) is 9.59 Å². The van der Waals surface area contributed by atoms with E-state index in [1.807, 2.05) is 72.8 Å². The highest BCUT2D eigenvalue weighted by Gasteiger charge is 2.36. The Morgan fingerprint density at radius 1 is 0.579 bits per heavy atom. The van der Waals surface area contributed by atoms with Gasteiger partial charge in [-0.2, -0.15) is 19.0 Å². The number of halogens is 2. The van der Waals surface area contributed by atoms with E-state index in [4.69, 9.17) is 33.2 Å². The lowest BCUT2D eigenvalue weighted by molar-refractivity contribution is 0.347. The largest absolute Gasteiger partial charge is 0.274 e. The van der Waals surface area contributed by atoms with E-state index in [1.165, 1.54) is 20.2 Å². The maximum atomic E-state index is 13.1. The fraction of sp³-hybridized carbons (Fsp3) is 0.209. The van der Waals surface area contributed by atoms with Gasteiger partial charge in [-0.05, 0) is 84.4 Å². The fourth-order valence-electron chi connectivity index (χ4n) is 7.66. The molecular weight excluding hydrogens is 796 g/mol. The van der Waals surface area contributed by atoms with Gasteiger partial charge in [-0.3, -0.25) is 19.8 Å². The molecule has 0 unspecified atom stereocenters. The molecule has 2 aliphatic rings. The molecule has 4 aromatic heterocycles. The molecule has 0 aliphatic heterocycles. The number of rotatable bonds is 11. The Labute approximate surface area is 345 Å². The first-order chi connectivity index (χ1) is 27.8. The van der Waals surface area contributed by atoms with E-state index in [2.05, 4.69) is 38.4 Å². The van der Waals surface area contributed by atoms with Gasteiger partial charge in [0.15, 0.2) is 11.6 Å². The quantitative estimate of drug-likeness (QED) is 0.124. The zero-order valence-electron chi connectivity index (χ0n) is 30.4. The Kier molecular flexibility index (Phi) is 9.52. The predicted octanol–water partition coefficient (Wildman–Crippen LogP) is 9.91. The minimum absolute atomic E-state index is 0.196. The van der Waals surface area contributed by atoms with Crippen LogP contribution in [-0.4, -0.2) is 39.2 Å². The van der Waals surface area contributed by atoms with Crippen LogP contribution in [0, 0.1) is 0 Å². The highest BCUT2D eigenvalue weighted by Crippen LogP contribution is 2.54. The molecule has 4 aromatic carbocycles. The van der Waals surface area contributed by atoms with Crippen molar-refractivity contribution in [3.63, 3.8) is 0 Å². The second-order valence-electron chi connectivity index (χ2n) is 14.6. The van der Waals surface area contributed by atoms with Crippen LogP contribution in [0.25, 0.3) is 34.3 Å². The Bertz CT molecular complexity index is 2920. The number of thioether (sulfide) groups is 2. The second-order valence-corrected chi connectivity index (χ2v) is 17.5. The smallest absolute Gasteiger partial charge is 0.271 e. The lowest BCUT2D eigenvalue weighted by Crippen LogP contribution is -2.21. The number of nitrogens with one attached hydrogen (secondary N) is 2. The van der Waals surface area contributed by atoms with E-state index in [1.54, 1.807) is 35.7 Å². The van der Waals surface area contributed by atoms with Crippen molar-refractivity contribution in [3.8, 4) is 22.8 Å². The van der Waals surface area contributed by atoms with Gasteiger partial charge in [0, 0.05) is 54.6 Å². The predicted molar refractivity (Wildman–Crippen MR) is 227 cm³/mol.